The zero-order valence-corrected chi connectivity index (χ0v) is 11.2. The van der Waals surface area contributed by atoms with Crippen LogP contribution in [0.15, 0.2) is 18.2 Å². The third-order valence-corrected chi connectivity index (χ3v) is 3.51. The van der Waals surface area contributed by atoms with Gasteiger partial charge in [0, 0.05) is 24.5 Å². The van der Waals surface area contributed by atoms with Crippen LogP contribution < -0.4 is 0 Å². The molecule has 1 atom stereocenters. The van der Waals surface area contributed by atoms with E-state index in [1.165, 1.54) is 6.07 Å². The van der Waals surface area contributed by atoms with Gasteiger partial charge in [-0.25, -0.2) is 4.39 Å². The summed E-state index contributed by atoms with van der Waals surface area (Å²) in [7, 11) is 0. The van der Waals surface area contributed by atoms with Gasteiger partial charge in [-0.05, 0) is 12.1 Å². The minimum absolute atomic E-state index is 0.0507. The van der Waals surface area contributed by atoms with Gasteiger partial charge in [0.15, 0.2) is 0 Å². The summed E-state index contributed by atoms with van der Waals surface area (Å²) in [6, 6.07) is 3.40. The molecule has 0 saturated carbocycles. The number of amides is 1. The molecule has 4 nitrogen and oxygen atoms in total. The molecule has 1 saturated heterocycles. The first-order valence-electron chi connectivity index (χ1n) is 5.57. The second-order valence-electron chi connectivity index (χ2n) is 4.06. The number of nitrogens with zero attached hydrogens (tertiary/aromatic N) is 1. The Morgan fingerprint density at radius 1 is 1.61 bits per heavy atom. The van der Waals surface area contributed by atoms with E-state index >= 15 is 0 Å². The third kappa shape index (κ3) is 2.81. The van der Waals surface area contributed by atoms with Gasteiger partial charge in [-0.15, -0.1) is 0 Å². The predicted molar refractivity (Wildman–Crippen MR) is 67.5 cm³/mol. The van der Waals surface area contributed by atoms with Gasteiger partial charge in [-0.2, -0.15) is 0 Å². The standard InChI is InChI=1S/C12H13BrFNO3/c13-6-9-7-15(3-4-18-9)12(17)10-2-1-8(14)5-11(10)16/h1-2,5,9,16H,3-4,6-7H2. The fourth-order valence-electron chi connectivity index (χ4n) is 1.85. The Balaban J connectivity index is 2.15. The number of hydrogen-bond acceptors (Lipinski definition) is 3. The fraction of sp³-hybridized carbons (Fsp3) is 0.417. The number of phenolic OH excluding ortho intramolecular Hbond substituents is 1. The third-order valence-electron chi connectivity index (χ3n) is 2.79. The minimum atomic E-state index is -0.565. The molecule has 1 aliphatic rings. The largest absolute Gasteiger partial charge is 0.507 e. The first-order valence-corrected chi connectivity index (χ1v) is 6.69. The van der Waals surface area contributed by atoms with Crippen LogP contribution >= 0.6 is 15.9 Å². The highest BCUT2D eigenvalue weighted by molar-refractivity contribution is 9.09. The molecule has 0 bridgehead atoms. The number of alkyl halides is 1. The van der Waals surface area contributed by atoms with Crippen molar-refractivity contribution in [2.45, 2.75) is 6.10 Å². The predicted octanol–water partition coefficient (Wildman–Crippen LogP) is 1.77. The first-order chi connectivity index (χ1) is 8.61. The molecule has 0 spiro atoms. The van der Waals surface area contributed by atoms with E-state index in [1.54, 1.807) is 4.90 Å². The summed E-state index contributed by atoms with van der Waals surface area (Å²) in [5.74, 6) is -1.20. The van der Waals surface area contributed by atoms with E-state index in [1.807, 2.05) is 0 Å². The number of morpholine rings is 1. The van der Waals surface area contributed by atoms with Gasteiger partial charge in [0.25, 0.3) is 5.91 Å². The summed E-state index contributed by atoms with van der Waals surface area (Å²) < 4.78 is 18.3. The summed E-state index contributed by atoms with van der Waals surface area (Å²) >= 11 is 3.31. The fourth-order valence-corrected chi connectivity index (χ4v) is 2.24. The maximum atomic E-state index is 12.9. The molecule has 98 valence electrons. The maximum absolute atomic E-state index is 12.9. The number of phenols is 1. The minimum Gasteiger partial charge on any atom is -0.507 e. The number of benzene rings is 1. The van der Waals surface area contributed by atoms with Crippen molar-refractivity contribution in [1.82, 2.24) is 4.90 Å². The number of carbonyl (C=O) groups excluding carboxylic acids is 1. The molecule has 0 aromatic heterocycles. The van der Waals surface area contributed by atoms with Crippen molar-refractivity contribution >= 4 is 21.8 Å². The summed E-state index contributed by atoms with van der Waals surface area (Å²) in [5.41, 5.74) is 0.117. The molecule has 1 unspecified atom stereocenters. The normalized spacial score (nSPS) is 19.9. The number of hydrogen-bond donors (Lipinski definition) is 1. The Labute approximate surface area is 112 Å². The van der Waals surface area contributed by atoms with Crippen molar-refractivity contribution in [2.75, 3.05) is 25.0 Å². The number of carbonyl (C=O) groups is 1. The number of aromatic hydroxyl groups is 1. The van der Waals surface area contributed by atoms with E-state index in [0.717, 1.165) is 12.1 Å². The molecule has 2 rings (SSSR count). The topological polar surface area (TPSA) is 49.8 Å². The van der Waals surface area contributed by atoms with Crippen molar-refractivity contribution in [3.63, 3.8) is 0 Å². The molecular formula is C12H13BrFNO3. The van der Waals surface area contributed by atoms with E-state index in [-0.39, 0.29) is 23.3 Å². The number of halogens is 2. The molecule has 6 heteroatoms. The molecule has 0 aliphatic carbocycles. The van der Waals surface area contributed by atoms with Crippen LogP contribution in [0.3, 0.4) is 0 Å². The second kappa shape index (κ2) is 5.67. The SMILES string of the molecule is O=C(c1ccc(F)cc1O)N1CCOC(CBr)C1. The lowest BCUT2D eigenvalue weighted by molar-refractivity contribution is -0.00975. The molecule has 1 aromatic rings. The smallest absolute Gasteiger partial charge is 0.257 e. The Kier molecular flexibility index (Phi) is 4.19. The number of rotatable bonds is 2. The Hall–Kier alpha value is -1.14. The van der Waals surface area contributed by atoms with Crippen molar-refractivity contribution in [2.24, 2.45) is 0 Å². The van der Waals surface area contributed by atoms with Crippen molar-refractivity contribution < 1.29 is 19.0 Å². The summed E-state index contributed by atoms with van der Waals surface area (Å²) in [4.78, 5) is 13.8. The van der Waals surface area contributed by atoms with Crippen molar-refractivity contribution in [3.8, 4) is 5.75 Å². The van der Waals surface area contributed by atoms with Crippen molar-refractivity contribution in [3.05, 3.63) is 29.6 Å². The summed E-state index contributed by atoms with van der Waals surface area (Å²) in [5, 5.41) is 10.2. The highest BCUT2D eigenvalue weighted by Gasteiger charge is 2.25. The van der Waals surface area contributed by atoms with Crippen LogP contribution in [0.5, 0.6) is 5.75 Å². The van der Waals surface area contributed by atoms with Gasteiger partial charge in [0.05, 0.1) is 18.3 Å². The van der Waals surface area contributed by atoms with E-state index in [0.29, 0.717) is 25.0 Å². The summed E-state index contributed by atoms with van der Waals surface area (Å²) in [6.45, 7) is 1.39. The summed E-state index contributed by atoms with van der Waals surface area (Å²) in [6.07, 6.45) is -0.0507. The molecule has 1 aromatic carbocycles. The second-order valence-corrected chi connectivity index (χ2v) is 4.71. The molecule has 1 heterocycles. The maximum Gasteiger partial charge on any atom is 0.257 e. The van der Waals surface area contributed by atoms with Crippen LogP contribution in [-0.2, 0) is 4.74 Å². The molecule has 1 N–H and O–H groups in total. The van der Waals surface area contributed by atoms with Crippen LogP contribution in [0, 0.1) is 5.82 Å². The zero-order chi connectivity index (χ0) is 13.1. The monoisotopic (exact) mass is 317 g/mol. The lowest BCUT2D eigenvalue weighted by Crippen LogP contribution is -2.46. The molecule has 0 radical (unpaired) electrons. The van der Waals surface area contributed by atoms with Crippen molar-refractivity contribution in [1.29, 1.82) is 0 Å². The quantitative estimate of drug-likeness (QED) is 0.846. The van der Waals surface area contributed by atoms with Gasteiger partial charge in [0.1, 0.15) is 11.6 Å². The van der Waals surface area contributed by atoms with Gasteiger partial charge in [-0.1, -0.05) is 15.9 Å². The number of ether oxygens (including phenoxy) is 1. The van der Waals surface area contributed by atoms with E-state index in [2.05, 4.69) is 15.9 Å². The van der Waals surface area contributed by atoms with E-state index < -0.39 is 5.82 Å². The molecule has 1 aliphatic heterocycles. The van der Waals surface area contributed by atoms with Gasteiger partial charge < -0.3 is 14.7 Å². The van der Waals surface area contributed by atoms with Gasteiger partial charge >= 0.3 is 0 Å². The zero-order valence-electron chi connectivity index (χ0n) is 9.60. The van der Waals surface area contributed by atoms with Gasteiger partial charge in [-0.3, -0.25) is 4.79 Å². The van der Waals surface area contributed by atoms with E-state index in [4.69, 9.17) is 4.74 Å². The Bertz CT molecular complexity index is 455. The van der Waals surface area contributed by atoms with Crippen LogP contribution in [0.1, 0.15) is 10.4 Å². The lowest BCUT2D eigenvalue weighted by Gasteiger charge is -2.32. The highest BCUT2D eigenvalue weighted by atomic mass is 79.9. The molecule has 1 amide bonds. The molecular weight excluding hydrogens is 305 g/mol. The van der Waals surface area contributed by atoms with Crippen LogP contribution in [-0.4, -0.2) is 47.0 Å². The Morgan fingerprint density at radius 2 is 2.39 bits per heavy atom. The first kappa shape index (κ1) is 13.3. The highest BCUT2D eigenvalue weighted by Crippen LogP contribution is 2.21. The average molecular weight is 318 g/mol. The van der Waals surface area contributed by atoms with Crippen LogP contribution in [0.4, 0.5) is 4.39 Å². The van der Waals surface area contributed by atoms with Crippen LogP contribution in [0.25, 0.3) is 0 Å². The van der Waals surface area contributed by atoms with Gasteiger partial charge in [0.2, 0.25) is 0 Å². The molecule has 1 fully saturated rings. The Morgan fingerprint density at radius 3 is 3.06 bits per heavy atom. The van der Waals surface area contributed by atoms with Crippen LogP contribution in [0.2, 0.25) is 0 Å². The average Bonchev–Trinajstić information content (AvgIpc) is 2.38. The molecule has 18 heavy (non-hydrogen) atoms. The van der Waals surface area contributed by atoms with E-state index in [9.17, 15) is 14.3 Å². The lowest BCUT2D eigenvalue weighted by atomic mass is 10.1.